The number of amides is 1. The number of carbonyl (C=O) groups is 1. The Hall–Kier alpha value is -2.05. The highest BCUT2D eigenvalue weighted by Gasteiger charge is 2.15. The van der Waals surface area contributed by atoms with Gasteiger partial charge >= 0.3 is 0 Å². The van der Waals surface area contributed by atoms with Crippen LogP contribution >= 0.6 is 11.6 Å². The van der Waals surface area contributed by atoms with Gasteiger partial charge in [0.1, 0.15) is 17.3 Å². The summed E-state index contributed by atoms with van der Waals surface area (Å²) in [6.45, 7) is 1.76. The van der Waals surface area contributed by atoms with Crippen LogP contribution in [0.5, 0.6) is 11.5 Å². The van der Waals surface area contributed by atoms with E-state index in [2.05, 4.69) is 5.32 Å². The van der Waals surface area contributed by atoms with E-state index < -0.39 is 21.5 Å². The minimum atomic E-state index is -3.36. The average Bonchev–Trinajstić information content (AvgIpc) is 2.50. The van der Waals surface area contributed by atoms with Gasteiger partial charge in [0, 0.05) is 5.69 Å². The van der Waals surface area contributed by atoms with Gasteiger partial charge in [0.2, 0.25) is 5.91 Å². The number of nitrogens with one attached hydrogen (secondary N) is 1. The second-order valence-electron chi connectivity index (χ2n) is 5.20. The first kappa shape index (κ1) is 18.3. The Balaban J connectivity index is 1.97. The highest BCUT2D eigenvalue weighted by atomic mass is 35.5. The second-order valence-corrected chi connectivity index (χ2v) is 7.79. The van der Waals surface area contributed by atoms with Gasteiger partial charge < -0.3 is 10.1 Å². The third-order valence-corrected chi connectivity index (χ3v) is 5.11. The fourth-order valence-electron chi connectivity index (χ4n) is 2.04. The summed E-state index contributed by atoms with van der Waals surface area (Å²) in [7, 11) is -3.36. The van der Waals surface area contributed by atoms with Crippen LogP contribution in [0.3, 0.4) is 0 Å². The van der Waals surface area contributed by atoms with E-state index in [1.807, 2.05) is 6.07 Å². The molecule has 0 radical (unpaired) electrons. The van der Waals surface area contributed by atoms with Crippen molar-refractivity contribution in [2.45, 2.75) is 13.3 Å². The van der Waals surface area contributed by atoms with Crippen LogP contribution in [0.1, 0.15) is 13.3 Å². The Morgan fingerprint density at radius 3 is 2.42 bits per heavy atom. The monoisotopic (exact) mass is 367 g/mol. The fraction of sp³-hybridized carbons (Fsp3) is 0.235. The molecule has 0 aliphatic heterocycles. The molecule has 2 rings (SSSR count). The zero-order chi connectivity index (χ0) is 17.6. The lowest BCUT2D eigenvalue weighted by Gasteiger charge is -2.09. The summed E-state index contributed by atoms with van der Waals surface area (Å²) in [6.07, 6.45) is 0.490. The van der Waals surface area contributed by atoms with Gasteiger partial charge in [0.05, 0.1) is 10.8 Å². The van der Waals surface area contributed by atoms with Gasteiger partial charge in [-0.2, -0.15) is 0 Å². The average molecular weight is 368 g/mol. The molecule has 24 heavy (non-hydrogen) atoms. The smallest absolute Gasteiger partial charge is 0.239 e. The first-order valence-electron chi connectivity index (χ1n) is 7.42. The van der Waals surface area contributed by atoms with Crippen molar-refractivity contribution in [1.29, 1.82) is 0 Å². The van der Waals surface area contributed by atoms with E-state index in [-0.39, 0.29) is 5.75 Å². The van der Waals surface area contributed by atoms with Crippen LogP contribution in [0, 0.1) is 0 Å². The number of hydrogen-bond donors (Lipinski definition) is 1. The topological polar surface area (TPSA) is 72.5 Å². The van der Waals surface area contributed by atoms with Gasteiger partial charge in [-0.1, -0.05) is 30.7 Å². The summed E-state index contributed by atoms with van der Waals surface area (Å²) in [4.78, 5) is 11.8. The van der Waals surface area contributed by atoms with Gasteiger partial charge in [0.25, 0.3) is 0 Å². The Bertz CT molecular complexity index is 804. The zero-order valence-electron chi connectivity index (χ0n) is 13.2. The van der Waals surface area contributed by atoms with Crippen LogP contribution in [-0.2, 0) is 14.6 Å². The standard InChI is InChI=1S/C17H18ClNO4S/c1-2-11-24(21,22)12-17(20)19-13-7-9-14(10-8-13)23-16-6-4-3-5-15(16)18/h3-10H,2,11-12H2,1H3,(H,19,20). The molecule has 0 spiro atoms. The summed E-state index contributed by atoms with van der Waals surface area (Å²) in [5.41, 5.74) is 0.498. The van der Waals surface area contributed by atoms with Crippen molar-refractivity contribution in [1.82, 2.24) is 0 Å². The van der Waals surface area contributed by atoms with Crippen LogP contribution in [0.4, 0.5) is 5.69 Å². The van der Waals surface area contributed by atoms with Crippen molar-refractivity contribution in [3.63, 3.8) is 0 Å². The molecule has 0 fully saturated rings. The molecule has 0 saturated heterocycles. The summed E-state index contributed by atoms with van der Waals surface area (Å²) >= 11 is 6.02. The number of ether oxygens (including phenoxy) is 1. The molecule has 1 amide bonds. The number of anilines is 1. The Morgan fingerprint density at radius 2 is 1.79 bits per heavy atom. The first-order valence-corrected chi connectivity index (χ1v) is 9.62. The van der Waals surface area contributed by atoms with Gasteiger partial charge in [-0.25, -0.2) is 8.42 Å². The maximum atomic E-state index is 11.8. The van der Waals surface area contributed by atoms with E-state index in [9.17, 15) is 13.2 Å². The van der Waals surface area contributed by atoms with E-state index >= 15 is 0 Å². The number of sulfone groups is 1. The van der Waals surface area contributed by atoms with Crippen molar-refractivity contribution >= 4 is 33.0 Å². The van der Waals surface area contributed by atoms with E-state index in [4.69, 9.17) is 16.3 Å². The lowest BCUT2D eigenvalue weighted by molar-refractivity contribution is -0.113. The fourth-order valence-corrected chi connectivity index (χ4v) is 3.45. The highest BCUT2D eigenvalue weighted by Crippen LogP contribution is 2.29. The number of rotatable bonds is 7. The van der Waals surface area contributed by atoms with Gasteiger partial charge in [-0.05, 0) is 42.8 Å². The number of halogens is 1. The van der Waals surface area contributed by atoms with E-state index in [0.29, 0.717) is 28.6 Å². The van der Waals surface area contributed by atoms with Crippen molar-refractivity contribution in [3.8, 4) is 11.5 Å². The van der Waals surface area contributed by atoms with E-state index in [1.165, 1.54) is 0 Å². The minimum absolute atomic E-state index is 0.00499. The maximum Gasteiger partial charge on any atom is 0.239 e. The van der Waals surface area contributed by atoms with Crippen LogP contribution in [0.15, 0.2) is 48.5 Å². The number of carbonyl (C=O) groups excluding carboxylic acids is 1. The Kier molecular flexibility index (Phi) is 6.23. The quantitative estimate of drug-likeness (QED) is 0.805. The van der Waals surface area contributed by atoms with Crippen molar-refractivity contribution in [2.75, 3.05) is 16.8 Å². The van der Waals surface area contributed by atoms with E-state index in [1.54, 1.807) is 49.4 Å². The molecule has 0 aliphatic rings. The van der Waals surface area contributed by atoms with Crippen LogP contribution in [0.2, 0.25) is 5.02 Å². The number of benzene rings is 2. The third-order valence-electron chi connectivity index (χ3n) is 3.07. The normalized spacial score (nSPS) is 11.1. The Morgan fingerprint density at radius 1 is 1.12 bits per heavy atom. The molecule has 0 aliphatic carbocycles. The molecule has 2 aromatic carbocycles. The molecular weight excluding hydrogens is 350 g/mol. The molecule has 0 atom stereocenters. The zero-order valence-corrected chi connectivity index (χ0v) is 14.7. The summed E-state index contributed by atoms with van der Waals surface area (Å²) < 4.78 is 28.9. The molecule has 0 saturated carbocycles. The van der Waals surface area contributed by atoms with Gasteiger partial charge in [-0.15, -0.1) is 0 Å². The van der Waals surface area contributed by atoms with Crippen LogP contribution in [0.25, 0.3) is 0 Å². The molecule has 2 aromatic rings. The third kappa shape index (κ3) is 5.54. The largest absolute Gasteiger partial charge is 0.456 e. The number of hydrogen-bond acceptors (Lipinski definition) is 4. The maximum absolute atomic E-state index is 11.8. The molecule has 0 heterocycles. The highest BCUT2D eigenvalue weighted by molar-refractivity contribution is 7.92. The molecule has 5 nitrogen and oxygen atoms in total. The summed E-state index contributed by atoms with van der Waals surface area (Å²) in [5.74, 6) is 0.0218. The molecule has 1 N–H and O–H groups in total. The SMILES string of the molecule is CCCS(=O)(=O)CC(=O)Nc1ccc(Oc2ccccc2Cl)cc1. The molecule has 128 valence electrons. The van der Waals surface area contributed by atoms with Gasteiger partial charge in [-0.3, -0.25) is 4.79 Å². The second kappa shape index (κ2) is 8.17. The van der Waals surface area contributed by atoms with E-state index in [0.717, 1.165) is 0 Å². The predicted octanol–water partition coefficient (Wildman–Crippen LogP) is 3.90. The summed E-state index contributed by atoms with van der Waals surface area (Å²) in [6, 6.07) is 13.7. The van der Waals surface area contributed by atoms with Crippen LogP contribution in [-0.4, -0.2) is 25.8 Å². The van der Waals surface area contributed by atoms with Crippen LogP contribution < -0.4 is 10.1 Å². The van der Waals surface area contributed by atoms with Crippen molar-refractivity contribution < 1.29 is 17.9 Å². The van der Waals surface area contributed by atoms with Crippen molar-refractivity contribution in [2.24, 2.45) is 0 Å². The Labute approximate surface area is 146 Å². The predicted molar refractivity (Wildman–Crippen MR) is 95.5 cm³/mol. The minimum Gasteiger partial charge on any atom is -0.456 e. The van der Waals surface area contributed by atoms with Gasteiger partial charge in [0.15, 0.2) is 9.84 Å². The molecule has 0 bridgehead atoms. The number of para-hydroxylation sites is 1. The lowest BCUT2D eigenvalue weighted by atomic mass is 10.3. The molecule has 0 unspecified atom stereocenters. The van der Waals surface area contributed by atoms with Crippen molar-refractivity contribution in [3.05, 3.63) is 53.6 Å². The molecule has 0 aromatic heterocycles. The first-order chi connectivity index (χ1) is 11.4. The molecular formula is C17H18ClNO4S. The summed E-state index contributed by atoms with van der Waals surface area (Å²) in [5, 5.41) is 3.06. The lowest BCUT2D eigenvalue weighted by Crippen LogP contribution is -2.24. The molecule has 7 heteroatoms.